The van der Waals surface area contributed by atoms with Crippen LogP contribution in [0.25, 0.3) is 0 Å². The molecule has 0 radical (unpaired) electrons. The van der Waals surface area contributed by atoms with E-state index in [0.717, 1.165) is 0 Å². The summed E-state index contributed by atoms with van der Waals surface area (Å²) in [7, 11) is -3.14. The minimum absolute atomic E-state index is 0.0114. The van der Waals surface area contributed by atoms with Gasteiger partial charge in [0, 0.05) is 12.1 Å². The number of carbonyl (C=O) groups is 1. The third-order valence-corrected chi connectivity index (χ3v) is 4.44. The Morgan fingerprint density at radius 2 is 1.95 bits per heavy atom. The molecule has 1 saturated heterocycles. The molecule has 1 aliphatic heterocycles. The van der Waals surface area contributed by atoms with E-state index in [1.807, 2.05) is 0 Å². The number of rotatable bonds is 3. The second-order valence-electron chi connectivity index (χ2n) is 4.25. The number of benzene rings is 1. The summed E-state index contributed by atoms with van der Waals surface area (Å²) in [6.45, 7) is 0. The summed E-state index contributed by atoms with van der Waals surface area (Å²) in [6.07, 6.45) is -1.48. The van der Waals surface area contributed by atoms with Crippen LogP contribution in [0.4, 0.5) is 10.5 Å². The smallest absolute Gasteiger partial charge is 0.430 e. The van der Waals surface area contributed by atoms with Crippen LogP contribution >= 0.6 is 0 Å². The van der Waals surface area contributed by atoms with Gasteiger partial charge in [-0.2, -0.15) is 0 Å². The lowest BCUT2D eigenvalue weighted by molar-refractivity contribution is -0.384. The first-order chi connectivity index (χ1) is 9.35. The van der Waals surface area contributed by atoms with Gasteiger partial charge in [-0.3, -0.25) is 10.1 Å². The van der Waals surface area contributed by atoms with Crippen LogP contribution in [-0.2, 0) is 14.6 Å². The summed E-state index contributed by atoms with van der Waals surface area (Å²) in [6, 6.07) is 4.88. The van der Waals surface area contributed by atoms with E-state index in [9.17, 15) is 23.3 Å². The van der Waals surface area contributed by atoms with Gasteiger partial charge in [0.25, 0.3) is 5.69 Å². The van der Waals surface area contributed by atoms with Crippen LogP contribution in [0.2, 0.25) is 0 Å². The van der Waals surface area contributed by atoms with Gasteiger partial charge < -0.3 is 9.47 Å². The van der Waals surface area contributed by atoms with Gasteiger partial charge in [-0.25, -0.2) is 13.2 Å². The first-order valence-electron chi connectivity index (χ1n) is 5.69. The summed E-state index contributed by atoms with van der Waals surface area (Å²) in [5.74, 6) is -0.133. The molecule has 1 atom stereocenters. The van der Waals surface area contributed by atoms with Crippen molar-refractivity contribution in [2.75, 3.05) is 11.5 Å². The molecule has 1 aromatic carbocycles. The Morgan fingerprint density at radius 1 is 1.30 bits per heavy atom. The molecule has 0 N–H and O–H groups in total. The molecule has 1 unspecified atom stereocenters. The SMILES string of the molecule is O=C(Oc1ccc([N+](=O)[O-])cc1)OC1CCS(=O)(=O)C1. The number of nitro groups is 1. The maximum Gasteiger partial charge on any atom is 0.514 e. The molecule has 9 heteroatoms. The Morgan fingerprint density at radius 3 is 2.45 bits per heavy atom. The van der Waals surface area contributed by atoms with E-state index in [0.29, 0.717) is 0 Å². The highest BCUT2D eigenvalue weighted by atomic mass is 32.2. The zero-order chi connectivity index (χ0) is 14.8. The normalized spacial score (nSPS) is 20.3. The van der Waals surface area contributed by atoms with Crippen molar-refractivity contribution in [2.24, 2.45) is 0 Å². The molecule has 20 heavy (non-hydrogen) atoms. The number of sulfone groups is 1. The van der Waals surface area contributed by atoms with E-state index in [4.69, 9.17) is 9.47 Å². The number of hydrogen-bond acceptors (Lipinski definition) is 7. The maximum absolute atomic E-state index is 11.4. The number of nitrogens with zero attached hydrogens (tertiary/aromatic N) is 1. The number of ether oxygens (including phenoxy) is 2. The summed E-state index contributed by atoms with van der Waals surface area (Å²) < 4.78 is 32.0. The minimum Gasteiger partial charge on any atom is -0.430 e. The predicted molar refractivity (Wildman–Crippen MR) is 67.3 cm³/mol. The van der Waals surface area contributed by atoms with Gasteiger partial charge in [0.1, 0.15) is 11.9 Å². The van der Waals surface area contributed by atoms with E-state index in [1.54, 1.807) is 0 Å². The quantitative estimate of drug-likeness (QED) is 0.358. The van der Waals surface area contributed by atoms with E-state index in [-0.39, 0.29) is 29.4 Å². The Hall–Kier alpha value is -2.16. The fourth-order valence-electron chi connectivity index (χ4n) is 1.75. The highest BCUT2D eigenvalue weighted by Crippen LogP contribution is 2.19. The van der Waals surface area contributed by atoms with Crippen LogP contribution in [0, 0.1) is 10.1 Å². The van der Waals surface area contributed by atoms with Crippen molar-refractivity contribution < 1.29 is 27.6 Å². The number of hydrogen-bond donors (Lipinski definition) is 0. The fraction of sp³-hybridized carbons (Fsp3) is 0.364. The highest BCUT2D eigenvalue weighted by molar-refractivity contribution is 7.91. The third kappa shape index (κ3) is 3.67. The Kier molecular flexibility index (Phi) is 3.89. The van der Waals surface area contributed by atoms with Crippen LogP contribution in [0.1, 0.15) is 6.42 Å². The first kappa shape index (κ1) is 14.3. The van der Waals surface area contributed by atoms with Gasteiger partial charge in [-0.15, -0.1) is 0 Å². The third-order valence-electron chi connectivity index (χ3n) is 2.70. The topological polar surface area (TPSA) is 113 Å². The first-order valence-corrected chi connectivity index (χ1v) is 7.51. The lowest BCUT2D eigenvalue weighted by Crippen LogP contribution is -2.21. The van der Waals surface area contributed by atoms with Gasteiger partial charge in [0.05, 0.1) is 16.4 Å². The second-order valence-corrected chi connectivity index (χ2v) is 6.47. The molecular weight excluding hydrogens is 290 g/mol. The van der Waals surface area contributed by atoms with Crippen LogP contribution in [0.3, 0.4) is 0 Å². The van der Waals surface area contributed by atoms with E-state index < -0.39 is 27.0 Å². The van der Waals surface area contributed by atoms with Crippen LogP contribution < -0.4 is 4.74 Å². The molecule has 0 spiro atoms. The summed E-state index contributed by atoms with van der Waals surface area (Å²) in [5.41, 5.74) is -0.132. The monoisotopic (exact) mass is 301 g/mol. The van der Waals surface area contributed by atoms with Crippen molar-refractivity contribution in [1.29, 1.82) is 0 Å². The minimum atomic E-state index is -3.14. The molecule has 1 fully saturated rings. The Balaban J connectivity index is 1.90. The molecule has 1 aromatic rings. The van der Waals surface area contributed by atoms with Crippen LogP contribution in [0.15, 0.2) is 24.3 Å². The van der Waals surface area contributed by atoms with Gasteiger partial charge in [-0.1, -0.05) is 0 Å². The second kappa shape index (κ2) is 5.45. The molecule has 0 aromatic heterocycles. The largest absolute Gasteiger partial charge is 0.514 e. The molecule has 0 saturated carbocycles. The average Bonchev–Trinajstić information content (AvgIpc) is 2.69. The van der Waals surface area contributed by atoms with Gasteiger partial charge in [-0.05, 0) is 18.6 Å². The predicted octanol–water partition coefficient (Wildman–Crippen LogP) is 1.30. The molecule has 108 valence electrons. The molecule has 8 nitrogen and oxygen atoms in total. The van der Waals surface area contributed by atoms with Crippen molar-refractivity contribution >= 4 is 21.7 Å². The standard InChI is InChI=1S/C11H11NO7S/c13-11(19-10-5-6-20(16,17)7-10)18-9-3-1-8(2-4-9)12(14)15/h1-4,10H,5-7H2. The zero-order valence-corrected chi connectivity index (χ0v) is 11.0. The molecule has 1 heterocycles. The number of nitro benzene ring substituents is 1. The van der Waals surface area contributed by atoms with E-state index in [2.05, 4.69) is 0 Å². The molecule has 2 rings (SSSR count). The molecule has 0 bridgehead atoms. The molecule has 0 amide bonds. The lowest BCUT2D eigenvalue weighted by atomic mass is 10.3. The summed E-state index contributed by atoms with van der Waals surface area (Å²) in [5, 5.41) is 10.4. The fourth-order valence-corrected chi connectivity index (χ4v) is 3.34. The Labute approximate surface area is 114 Å². The lowest BCUT2D eigenvalue weighted by Gasteiger charge is -2.09. The van der Waals surface area contributed by atoms with E-state index in [1.165, 1.54) is 24.3 Å². The number of carbonyl (C=O) groups excluding carboxylic acids is 1. The van der Waals surface area contributed by atoms with Gasteiger partial charge >= 0.3 is 6.16 Å². The van der Waals surface area contributed by atoms with Crippen LogP contribution in [-0.4, -0.2) is 37.1 Å². The highest BCUT2D eigenvalue weighted by Gasteiger charge is 2.31. The summed E-state index contributed by atoms with van der Waals surface area (Å²) >= 11 is 0. The number of non-ortho nitro benzene ring substituents is 1. The van der Waals surface area contributed by atoms with Crippen molar-refractivity contribution in [3.05, 3.63) is 34.4 Å². The van der Waals surface area contributed by atoms with Crippen molar-refractivity contribution in [1.82, 2.24) is 0 Å². The van der Waals surface area contributed by atoms with Crippen LogP contribution in [0.5, 0.6) is 5.75 Å². The Bertz CT molecular complexity index is 623. The van der Waals surface area contributed by atoms with Gasteiger partial charge in [0.2, 0.25) is 0 Å². The summed E-state index contributed by atoms with van der Waals surface area (Å²) in [4.78, 5) is 21.3. The van der Waals surface area contributed by atoms with Gasteiger partial charge in [0.15, 0.2) is 9.84 Å². The molecular formula is C11H11NO7S. The van der Waals surface area contributed by atoms with Crippen molar-refractivity contribution in [3.8, 4) is 5.75 Å². The van der Waals surface area contributed by atoms with Crippen molar-refractivity contribution in [2.45, 2.75) is 12.5 Å². The van der Waals surface area contributed by atoms with Crippen molar-refractivity contribution in [3.63, 3.8) is 0 Å². The maximum atomic E-state index is 11.4. The zero-order valence-electron chi connectivity index (χ0n) is 10.2. The average molecular weight is 301 g/mol. The molecule has 1 aliphatic rings. The molecule has 0 aliphatic carbocycles. The van der Waals surface area contributed by atoms with E-state index >= 15 is 0 Å².